The van der Waals surface area contributed by atoms with Crippen molar-refractivity contribution in [3.63, 3.8) is 0 Å². The van der Waals surface area contributed by atoms with Crippen molar-refractivity contribution in [1.29, 1.82) is 0 Å². The van der Waals surface area contributed by atoms with Gasteiger partial charge in [-0.1, -0.05) is 12.1 Å². The number of nitrogens with zero attached hydrogens (tertiary/aromatic N) is 3. The van der Waals surface area contributed by atoms with E-state index < -0.39 is 10.9 Å². The minimum Gasteiger partial charge on any atom is -0.477 e. The average Bonchev–Trinajstić information content (AvgIpc) is 3.23. The van der Waals surface area contributed by atoms with Crippen LogP contribution in [-0.4, -0.2) is 31.2 Å². The van der Waals surface area contributed by atoms with Gasteiger partial charge < -0.3 is 9.52 Å². The number of hydrogen-bond donors (Lipinski definition) is 2. The summed E-state index contributed by atoms with van der Waals surface area (Å²) in [7, 11) is 0. The van der Waals surface area contributed by atoms with E-state index in [1.165, 1.54) is 12.1 Å². The van der Waals surface area contributed by atoms with Gasteiger partial charge >= 0.3 is 5.97 Å². The molecule has 0 amide bonds. The maximum Gasteiger partial charge on any atom is 0.342 e. The molecule has 3 rings (SSSR count). The monoisotopic (exact) mass is 386 g/mol. The van der Waals surface area contributed by atoms with Gasteiger partial charge in [0.05, 0.1) is 4.92 Å². The van der Waals surface area contributed by atoms with Crippen LogP contribution in [0.25, 0.3) is 17.4 Å². The largest absolute Gasteiger partial charge is 0.477 e. The lowest BCUT2D eigenvalue weighted by molar-refractivity contribution is -0.385. The van der Waals surface area contributed by atoms with E-state index in [-0.39, 0.29) is 15.7 Å². The average molecular weight is 386 g/mol. The third kappa shape index (κ3) is 4.06. The smallest absolute Gasteiger partial charge is 0.342 e. The van der Waals surface area contributed by atoms with E-state index in [9.17, 15) is 20.0 Å². The van der Waals surface area contributed by atoms with Gasteiger partial charge in [0.2, 0.25) is 5.16 Å². The molecule has 0 spiro atoms. The van der Waals surface area contributed by atoms with Crippen LogP contribution in [0.3, 0.4) is 0 Å². The zero-order valence-corrected chi connectivity index (χ0v) is 15.1. The van der Waals surface area contributed by atoms with Crippen molar-refractivity contribution >= 4 is 29.5 Å². The van der Waals surface area contributed by atoms with Crippen molar-refractivity contribution in [2.75, 3.05) is 0 Å². The van der Waals surface area contributed by atoms with E-state index in [0.29, 0.717) is 28.5 Å². The molecule has 9 nitrogen and oxygen atoms in total. The van der Waals surface area contributed by atoms with E-state index >= 15 is 0 Å². The summed E-state index contributed by atoms with van der Waals surface area (Å²) in [6, 6.07) is 7.93. The SMILES string of the molecule is Cc1nc(SC(=Cc2ccc(-c3cccc([N+](=O)[O-])c3C)o2)C(=O)O)n[nH]1. The topological polar surface area (TPSA) is 135 Å². The molecule has 0 saturated carbocycles. The first-order valence-electron chi connectivity index (χ1n) is 7.71. The molecule has 0 fully saturated rings. The fourth-order valence-corrected chi connectivity index (χ4v) is 3.13. The number of aromatic amines is 1. The number of aliphatic carboxylic acids is 1. The van der Waals surface area contributed by atoms with E-state index in [0.717, 1.165) is 11.8 Å². The lowest BCUT2D eigenvalue weighted by Gasteiger charge is -2.03. The highest BCUT2D eigenvalue weighted by atomic mass is 32.2. The van der Waals surface area contributed by atoms with Crippen molar-refractivity contribution in [2.45, 2.75) is 19.0 Å². The number of rotatable bonds is 6. The number of nitro benzene ring substituents is 1. The van der Waals surface area contributed by atoms with Crippen LogP contribution in [0.1, 0.15) is 17.1 Å². The Hall–Kier alpha value is -3.40. The van der Waals surface area contributed by atoms with Gasteiger partial charge in [-0.15, -0.1) is 5.10 Å². The summed E-state index contributed by atoms with van der Waals surface area (Å²) in [5.74, 6) is 0.134. The Morgan fingerprint density at radius 1 is 1.33 bits per heavy atom. The van der Waals surface area contributed by atoms with Crippen LogP contribution in [0.5, 0.6) is 0 Å². The lowest BCUT2D eigenvalue weighted by atomic mass is 10.1. The minimum absolute atomic E-state index is 0.0113. The number of nitro groups is 1. The predicted molar refractivity (Wildman–Crippen MR) is 98.1 cm³/mol. The number of aryl methyl sites for hydroxylation is 1. The molecule has 2 N–H and O–H groups in total. The Kier molecular flexibility index (Phi) is 5.08. The van der Waals surface area contributed by atoms with Gasteiger partial charge in [0.1, 0.15) is 22.3 Å². The van der Waals surface area contributed by atoms with Crippen LogP contribution in [0.15, 0.2) is 44.8 Å². The summed E-state index contributed by atoms with van der Waals surface area (Å²) < 4.78 is 5.68. The maximum absolute atomic E-state index is 11.5. The van der Waals surface area contributed by atoms with E-state index in [1.54, 1.807) is 38.1 Å². The number of hydrogen-bond acceptors (Lipinski definition) is 7. The number of carbonyl (C=O) groups is 1. The first-order chi connectivity index (χ1) is 12.8. The Bertz CT molecular complexity index is 1050. The van der Waals surface area contributed by atoms with Crippen LogP contribution in [0.4, 0.5) is 5.69 Å². The van der Waals surface area contributed by atoms with Crippen molar-refractivity contribution in [3.8, 4) is 11.3 Å². The summed E-state index contributed by atoms with van der Waals surface area (Å²) in [6.45, 7) is 3.34. The second-order valence-electron chi connectivity index (χ2n) is 5.53. The van der Waals surface area contributed by atoms with Gasteiger partial charge in [-0.05, 0) is 37.7 Å². The van der Waals surface area contributed by atoms with Crippen molar-refractivity contribution in [2.24, 2.45) is 0 Å². The fraction of sp³-hybridized carbons (Fsp3) is 0.118. The molecule has 0 bridgehead atoms. The molecular formula is C17H14N4O5S. The van der Waals surface area contributed by atoms with Gasteiger partial charge in [-0.2, -0.15) is 0 Å². The Balaban J connectivity index is 1.92. The number of H-pyrrole nitrogens is 1. The molecule has 0 aliphatic heterocycles. The van der Waals surface area contributed by atoms with Gasteiger partial charge in [-0.25, -0.2) is 9.78 Å². The maximum atomic E-state index is 11.5. The molecule has 10 heteroatoms. The summed E-state index contributed by atoms with van der Waals surface area (Å²) in [4.78, 5) is 26.2. The van der Waals surface area contributed by atoms with E-state index in [1.807, 2.05) is 0 Å². The Morgan fingerprint density at radius 2 is 2.11 bits per heavy atom. The molecule has 0 saturated heterocycles. The molecule has 3 aromatic rings. The summed E-state index contributed by atoms with van der Waals surface area (Å²) >= 11 is 0.886. The minimum atomic E-state index is -1.15. The first kappa shape index (κ1) is 18.4. The molecule has 0 atom stereocenters. The predicted octanol–water partition coefficient (Wildman–Crippen LogP) is 3.81. The summed E-state index contributed by atoms with van der Waals surface area (Å²) in [5.41, 5.74) is 1.03. The number of carboxylic acid groups (broad SMARTS) is 1. The zero-order valence-electron chi connectivity index (χ0n) is 14.3. The van der Waals surface area contributed by atoms with Crippen LogP contribution in [0.2, 0.25) is 0 Å². The molecule has 2 aromatic heterocycles. The molecule has 0 radical (unpaired) electrons. The zero-order chi connectivity index (χ0) is 19.6. The molecule has 0 aliphatic carbocycles. The number of nitrogens with one attached hydrogen (secondary N) is 1. The highest BCUT2D eigenvalue weighted by molar-refractivity contribution is 8.04. The second kappa shape index (κ2) is 7.46. The molecular weight excluding hydrogens is 372 g/mol. The molecule has 0 aliphatic rings. The standard InChI is InChI=1S/C17H14N4O5S/c1-9-12(4-3-5-13(9)21(24)25)14-7-6-11(26-14)8-15(16(22)23)27-17-18-10(2)19-20-17/h3-8H,1-2H3,(H,22,23)(H,18,19,20). The number of furan rings is 1. The third-order valence-electron chi connectivity index (χ3n) is 3.66. The summed E-state index contributed by atoms with van der Waals surface area (Å²) in [5, 5.41) is 27.3. The Labute approximate surface area is 157 Å². The lowest BCUT2D eigenvalue weighted by Crippen LogP contribution is -1.97. The number of aromatic nitrogens is 3. The van der Waals surface area contributed by atoms with Gasteiger partial charge in [0, 0.05) is 23.3 Å². The molecule has 2 heterocycles. The summed E-state index contributed by atoms with van der Waals surface area (Å²) in [6.07, 6.45) is 1.36. The highest BCUT2D eigenvalue weighted by Gasteiger charge is 2.18. The van der Waals surface area contributed by atoms with Crippen molar-refractivity contribution in [1.82, 2.24) is 15.2 Å². The first-order valence-corrected chi connectivity index (χ1v) is 8.53. The molecule has 138 valence electrons. The normalized spacial score (nSPS) is 11.6. The number of carboxylic acids is 1. The second-order valence-corrected chi connectivity index (χ2v) is 6.54. The van der Waals surface area contributed by atoms with Crippen LogP contribution in [0, 0.1) is 24.0 Å². The van der Waals surface area contributed by atoms with Gasteiger partial charge in [0.15, 0.2) is 0 Å². The van der Waals surface area contributed by atoms with Gasteiger partial charge in [-0.3, -0.25) is 15.2 Å². The van der Waals surface area contributed by atoms with Crippen LogP contribution < -0.4 is 0 Å². The fourth-order valence-electron chi connectivity index (χ4n) is 2.39. The quantitative estimate of drug-likeness (QED) is 0.282. The van der Waals surface area contributed by atoms with Crippen molar-refractivity contribution < 1.29 is 19.2 Å². The molecule has 1 aromatic carbocycles. The number of thioether (sulfide) groups is 1. The third-order valence-corrected chi connectivity index (χ3v) is 4.53. The van der Waals surface area contributed by atoms with E-state index in [2.05, 4.69) is 15.2 Å². The van der Waals surface area contributed by atoms with E-state index in [4.69, 9.17) is 4.42 Å². The number of benzene rings is 1. The Morgan fingerprint density at radius 3 is 2.74 bits per heavy atom. The highest BCUT2D eigenvalue weighted by Crippen LogP contribution is 2.32. The molecule has 27 heavy (non-hydrogen) atoms. The van der Waals surface area contributed by atoms with Crippen LogP contribution in [-0.2, 0) is 4.79 Å². The van der Waals surface area contributed by atoms with Gasteiger partial charge in [0.25, 0.3) is 5.69 Å². The van der Waals surface area contributed by atoms with Crippen LogP contribution >= 0.6 is 11.8 Å². The molecule has 0 unspecified atom stereocenters. The van der Waals surface area contributed by atoms with Crippen molar-refractivity contribution in [3.05, 3.63) is 62.5 Å².